The summed E-state index contributed by atoms with van der Waals surface area (Å²) in [4.78, 5) is 11.1. The van der Waals surface area contributed by atoms with E-state index in [9.17, 15) is 4.79 Å². The molecule has 2 rings (SSSR count). The van der Waals surface area contributed by atoms with Crippen LogP contribution in [0, 0.1) is 0 Å². The molecule has 21 heavy (non-hydrogen) atoms. The average Bonchev–Trinajstić information content (AvgIpc) is 2.72. The maximum Gasteiger partial charge on any atom is 0.331 e. The van der Waals surface area contributed by atoms with E-state index in [4.69, 9.17) is 21.4 Å². The lowest BCUT2D eigenvalue weighted by Crippen LogP contribution is -1.97. The van der Waals surface area contributed by atoms with Crippen LogP contribution in [0.2, 0.25) is 5.15 Å². The zero-order chi connectivity index (χ0) is 15.6. The van der Waals surface area contributed by atoms with Gasteiger partial charge in [0.1, 0.15) is 10.9 Å². The number of benzene rings is 1. The van der Waals surface area contributed by atoms with E-state index >= 15 is 0 Å². The summed E-state index contributed by atoms with van der Waals surface area (Å²) in [6.07, 6.45) is 2.55. The van der Waals surface area contributed by atoms with Gasteiger partial charge in [0.25, 0.3) is 0 Å². The normalized spacial score (nSPS) is 11.9. The summed E-state index contributed by atoms with van der Waals surface area (Å²) < 4.78 is 7.25. The summed E-state index contributed by atoms with van der Waals surface area (Å²) in [6.45, 7) is 4.41. The smallest absolute Gasteiger partial charge is 0.331 e. The highest BCUT2D eigenvalue weighted by Crippen LogP contribution is 2.34. The number of aromatic nitrogens is 1. The molecule has 0 spiro atoms. The Bertz CT molecular complexity index is 716. The second-order valence-electron chi connectivity index (χ2n) is 4.87. The van der Waals surface area contributed by atoms with Crippen molar-refractivity contribution in [1.82, 2.24) is 4.57 Å². The molecule has 0 aliphatic heterocycles. The molecule has 0 unspecified atom stereocenters. The molecule has 1 heterocycles. The van der Waals surface area contributed by atoms with Gasteiger partial charge in [0.2, 0.25) is 0 Å². The third-order valence-corrected chi connectivity index (χ3v) is 3.80. The van der Waals surface area contributed by atoms with E-state index in [1.807, 2.05) is 22.8 Å². The van der Waals surface area contributed by atoms with Crippen LogP contribution < -0.4 is 4.74 Å². The number of nitrogens with zero attached hydrogens (tertiary/aromatic N) is 1. The van der Waals surface area contributed by atoms with Crippen LogP contribution in [0.5, 0.6) is 5.75 Å². The topological polar surface area (TPSA) is 51.5 Å². The van der Waals surface area contributed by atoms with Crippen LogP contribution in [-0.4, -0.2) is 22.8 Å². The lowest BCUT2D eigenvalue weighted by Gasteiger charge is -2.05. The number of carboxylic acids is 1. The van der Waals surface area contributed by atoms with Crippen LogP contribution in [0.15, 0.2) is 23.8 Å². The molecule has 4 nitrogen and oxygen atoms in total. The molecule has 0 atom stereocenters. The van der Waals surface area contributed by atoms with Crippen molar-refractivity contribution in [2.24, 2.45) is 0 Å². The largest absolute Gasteiger partial charge is 0.497 e. The van der Waals surface area contributed by atoms with E-state index < -0.39 is 5.97 Å². The van der Waals surface area contributed by atoms with E-state index in [0.29, 0.717) is 5.15 Å². The second-order valence-corrected chi connectivity index (χ2v) is 5.23. The first-order valence-corrected chi connectivity index (χ1v) is 7.14. The zero-order valence-corrected chi connectivity index (χ0v) is 13.1. The lowest BCUT2D eigenvalue weighted by atomic mass is 10.1. The summed E-state index contributed by atoms with van der Waals surface area (Å²) in [6, 6.07) is 5.71. The van der Waals surface area contributed by atoms with Gasteiger partial charge in [-0.25, -0.2) is 4.79 Å². The van der Waals surface area contributed by atoms with E-state index in [-0.39, 0.29) is 5.57 Å². The number of ether oxygens (including phenoxy) is 1. The molecule has 112 valence electrons. The number of methoxy groups -OCH3 is 1. The van der Waals surface area contributed by atoms with E-state index in [1.165, 1.54) is 0 Å². The number of rotatable bonds is 5. The number of carbonyl (C=O) groups is 1. The molecule has 0 aliphatic carbocycles. The van der Waals surface area contributed by atoms with Crippen molar-refractivity contribution in [1.29, 1.82) is 0 Å². The number of carboxylic acid groups (broad SMARTS) is 1. The second kappa shape index (κ2) is 6.22. The fraction of sp³-hybridized carbons (Fsp3) is 0.312. The van der Waals surface area contributed by atoms with Crippen molar-refractivity contribution in [3.63, 3.8) is 0 Å². The van der Waals surface area contributed by atoms with Crippen LogP contribution in [0.1, 0.15) is 25.8 Å². The highest BCUT2D eigenvalue weighted by Gasteiger charge is 2.15. The van der Waals surface area contributed by atoms with Crippen molar-refractivity contribution in [2.45, 2.75) is 26.8 Å². The maximum atomic E-state index is 11.1. The van der Waals surface area contributed by atoms with Crippen LogP contribution >= 0.6 is 11.6 Å². The minimum absolute atomic E-state index is 0.246. The Morgan fingerprint density at radius 1 is 1.48 bits per heavy atom. The molecule has 1 aromatic heterocycles. The Morgan fingerprint density at radius 2 is 2.19 bits per heavy atom. The summed E-state index contributed by atoms with van der Waals surface area (Å²) in [5, 5.41) is 10.5. The number of hydrogen-bond donors (Lipinski definition) is 1. The highest BCUT2D eigenvalue weighted by molar-refractivity contribution is 6.33. The van der Waals surface area contributed by atoms with Gasteiger partial charge in [-0.05, 0) is 37.6 Å². The summed E-state index contributed by atoms with van der Waals surface area (Å²) in [7, 11) is 1.60. The fourth-order valence-corrected chi connectivity index (χ4v) is 2.65. The van der Waals surface area contributed by atoms with Crippen LogP contribution in [-0.2, 0) is 11.3 Å². The number of aryl methyl sites for hydroxylation is 1. The van der Waals surface area contributed by atoms with Crippen molar-refractivity contribution < 1.29 is 14.6 Å². The number of hydrogen-bond acceptors (Lipinski definition) is 2. The molecule has 0 fully saturated rings. The predicted octanol–water partition coefficient (Wildman–Crippen LogP) is 4.20. The average molecular weight is 308 g/mol. The number of halogens is 1. The minimum Gasteiger partial charge on any atom is -0.497 e. The van der Waals surface area contributed by atoms with Gasteiger partial charge in [-0.3, -0.25) is 0 Å². The standard InChI is InChI=1S/C16H18ClNO3/c1-4-7-18-14-6-5-11(21-3)9-12(14)13(15(18)17)8-10(2)16(19)20/h5-6,8-9H,4,7H2,1-3H3,(H,19,20)/b10-8+. The Labute approximate surface area is 128 Å². The third-order valence-electron chi connectivity index (χ3n) is 3.39. The molecule has 0 amide bonds. The third kappa shape index (κ3) is 2.90. The monoisotopic (exact) mass is 307 g/mol. The molecule has 5 heteroatoms. The molecule has 1 N–H and O–H groups in total. The number of aliphatic carboxylic acids is 1. The van der Waals surface area contributed by atoms with Crippen molar-refractivity contribution in [3.8, 4) is 5.75 Å². The van der Waals surface area contributed by atoms with Gasteiger partial charge in [0, 0.05) is 23.1 Å². The molecule has 0 aliphatic rings. The van der Waals surface area contributed by atoms with Crippen molar-refractivity contribution in [2.75, 3.05) is 7.11 Å². The van der Waals surface area contributed by atoms with Gasteiger partial charge in [-0.15, -0.1) is 0 Å². The van der Waals surface area contributed by atoms with Gasteiger partial charge in [-0.1, -0.05) is 18.5 Å². The van der Waals surface area contributed by atoms with E-state index in [1.54, 1.807) is 20.1 Å². The zero-order valence-electron chi connectivity index (χ0n) is 12.3. The first-order valence-electron chi connectivity index (χ1n) is 6.77. The van der Waals surface area contributed by atoms with Gasteiger partial charge in [0.15, 0.2) is 0 Å². The van der Waals surface area contributed by atoms with Crippen LogP contribution in [0.25, 0.3) is 17.0 Å². The molecule has 0 bridgehead atoms. The summed E-state index contributed by atoms with van der Waals surface area (Å²) in [5.41, 5.74) is 1.95. The Kier molecular flexibility index (Phi) is 4.58. The summed E-state index contributed by atoms with van der Waals surface area (Å²) in [5.74, 6) is -0.235. The van der Waals surface area contributed by atoms with Gasteiger partial charge < -0.3 is 14.4 Å². The van der Waals surface area contributed by atoms with E-state index in [2.05, 4.69) is 6.92 Å². The lowest BCUT2D eigenvalue weighted by molar-refractivity contribution is -0.132. The molecule has 2 aromatic rings. The molecular formula is C16H18ClNO3. The van der Waals surface area contributed by atoms with Crippen LogP contribution in [0.3, 0.4) is 0 Å². The molecule has 0 saturated carbocycles. The Balaban J connectivity index is 2.75. The van der Waals surface area contributed by atoms with Crippen molar-refractivity contribution >= 4 is 34.5 Å². The van der Waals surface area contributed by atoms with Gasteiger partial charge in [0.05, 0.1) is 12.6 Å². The highest BCUT2D eigenvalue weighted by atomic mass is 35.5. The SMILES string of the molecule is CCCn1c(Cl)c(/C=C(\C)C(=O)O)c2cc(OC)ccc21. The summed E-state index contributed by atoms with van der Waals surface area (Å²) >= 11 is 6.46. The minimum atomic E-state index is -0.953. The fourth-order valence-electron chi connectivity index (χ4n) is 2.31. The Hall–Kier alpha value is -1.94. The molecule has 1 aromatic carbocycles. The molecular weight excluding hydrogens is 290 g/mol. The molecule has 0 radical (unpaired) electrons. The van der Waals surface area contributed by atoms with Gasteiger partial charge >= 0.3 is 5.97 Å². The molecule has 0 saturated heterocycles. The maximum absolute atomic E-state index is 11.1. The predicted molar refractivity (Wildman–Crippen MR) is 85.1 cm³/mol. The van der Waals surface area contributed by atoms with E-state index in [0.717, 1.165) is 35.2 Å². The van der Waals surface area contributed by atoms with Gasteiger partial charge in [-0.2, -0.15) is 0 Å². The first-order chi connectivity index (χ1) is 9.99. The van der Waals surface area contributed by atoms with Crippen LogP contribution in [0.4, 0.5) is 0 Å². The van der Waals surface area contributed by atoms with Crippen molar-refractivity contribution in [3.05, 3.63) is 34.5 Å². The Morgan fingerprint density at radius 3 is 2.76 bits per heavy atom. The first kappa shape index (κ1) is 15.4. The quantitative estimate of drug-likeness (QED) is 0.842. The number of fused-ring (bicyclic) bond motifs is 1.